The number of nitrogens with zero attached hydrogens (tertiary/aromatic N) is 3. The number of aromatic nitrogens is 1. The molecule has 1 saturated heterocycles. The van der Waals surface area contributed by atoms with Crippen LogP contribution in [0.15, 0.2) is 35.2 Å². The average molecular weight is 429 g/mol. The van der Waals surface area contributed by atoms with Gasteiger partial charge in [0.2, 0.25) is 10.0 Å². The van der Waals surface area contributed by atoms with Gasteiger partial charge in [-0.2, -0.15) is 4.31 Å². The molecule has 1 fully saturated rings. The molecule has 2 aromatic rings. The number of pyridine rings is 1. The van der Waals surface area contributed by atoms with Gasteiger partial charge in [-0.1, -0.05) is 12.2 Å². The Hall–Kier alpha value is -2.62. The SMILES string of the molecule is C/C=C\CCN1C(=O)c2c(C)nc3ccc(S(=O)(=O)N4CCOCC4)cc3c2C1=O. The lowest BCUT2D eigenvalue weighted by molar-refractivity contribution is 0.0657. The minimum atomic E-state index is -3.74. The van der Waals surface area contributed by atoms with Crippen molar-refractivity contribution in [1.29, 1.82) is 0 Å². The van der Waals surface area contributed by atoms with Crippen LogP contribution >= 0.6 is 0 Å². The minimum absolute atomic E-state index is 0.0809. The molecule has 1 aromatic carbocycles. The van der Waals surface area contributed by atoms with Crippen LogP contribution in [0.5, 0.6) is 0 Å². The summed E-state index contributed by atoms with van der Waals surface area (Å²) in [6.07, 6.45) is 4.31. The number of amides is 2. The Kier molecular flexibility index (Phi) is 5.44. The van der Waals surface area contributed by atoms with Crippen LogP contribution in [0.2, 0.25) is 0 Å². The molecule has 0 atom stereocenters. The highest BCUT2D eigenvalue weighted by Crippen LogP contribution is 2.33. The first kappa shape index (κ1) is 20.6. The highest BCUT2D eigenvalue weighted by molar-refractivity contribution is 7.89. The van der Waals surface area contributed by atoms with Gasteiger partial charge in [-0.25, -0.2) is 8.42 Å². The lowest BCUT2D eigenvalue weighted by Crippen LogP contribution is -2.40. The molecule has 8 nitrogen and oxygen atoms in total. The maximum Gasteiger partial charge on any atom is 0.263 e. The molecule has 0 bridgehead atoms. The van der Waals surface area contributed by atoms with Gasteiger partial charge in [0.1, 0.15) is 0 Å². The zero-order valence-corrected chi connectivity index (χ0v) is 17.7. The van der Waals surface area contributed by atoms with Crippen molar-refractivity contribution >= 4 is 32.7 Å². The molecule has 2 aliphatic rings. The van der Waals surface area contributed by atoms with E-state index in [9.17, 15) is 18.0 Å². The van der Waals surface area contributed by atoms with Gasteiger partial charge in [-0.15, -0.1) is 0 Å². The largest absolute Gasteiger partial charge is 0.379 e. The second-order valence-corrected chi connectivity index (χ2v) is 9.20. The number of sulfonamides is 1. The fourth-order valence-corrected chi connectivity index (χ4v) is 5.32. The van der Waals surface area contributed by atoms with Gasteiger partial charge < -0.3 is 4.74 Å². The molecular formula is C21H23N3O5S. The molecule has 2 amide bonds. The second-order valence-electron chi connectivity index (χ2n) is 7.26. The van der Waals surface area contributed by atoms with Gasteiger partial charge >= 0.3 is 0 Å². The first-order chi connectivity index (χ1) is 14.4. The third kappa shape index (κ3) is 3.32. The molecular weight excluding hydrogens is 406 g/mol. The number of imide groups is 1. The van der Waals surface area contributed by atoms with Crippen LogP contribution in [0, 0.1) is 6.92 Å². The molecule has 1 aromatic heterocycles. The van der Waals surface area contributed by atoms with Crippen molar-refractivity contribution in [3.05, 3.63) is 47.2 Å². The summed E-state index contributed by atoms with van der Waals surface area (Å²) < 4.78 is 32.7. The molecule has 0 aliphatic carbocycles. The summed E-state index contributed by atoms with van der Waals surface area (Å²) in [5, 5.41) is 0.386. The van der Waals surface area contributed by atoms with E-state index < -0.39 is 15.9 Å². The van der Waals surface area contributed by atoms with E-state index in [1.165, 1.54) is 21.3 Å². The predicted octanol–water partition coefficient (Wildman–Crippen LogP) is 2.13. The molecule has 158 valence electrons. The summed E-state index contributed by atoms with van der Waals surface area (Å²) in [6.45, 7) is 5.08. The number of hydrogen-bond acceptors (Lipinski definition) is 6. The van der Waals surface area contributed by atoms with Gasteiger partial charge in [0.15, 0.2) is 0 Å². The molecule has 0 unspecified atom stereocenters. The number of hydrogen-bond donors (Lipinski definition) is 0. The molecule has 0 N–H and O–H groups in total. The van der Waals surface area contributed by atoms with Crippen molar-refractivity contribution in [2.45, 2.75) is 25.2 Å². The third-order valence-corrected chi connectivity index (χ3v) is 7.31. The summed E-state index contributed by atoms with van der Waals surface area (Å²) >= 11 is 0. The van der Waals surface area contributed by atoms with Gasteiger partial charge in [0.25, 0.3) is 11.8 Å². The number of aryl methyl sites for hydroxylation is 1. The maximum absolute atomic E-state index is 13.1. The van der Waals surface area contributed by atoms with Crippen LogP contribution < -0.4 is 0 Å². The van der Waals surface area contributed by atoms with Crippen molar-refractivity contribution < 1.29 is 22.7 Å². The van der Waals surface area contributed by atoms with E-state index in [1.807, 2.05) is 19.1 Å². The molecule has 2 aliphatic heterocycles. The van der Waals surface area contributed by atoms with Gasteiger partial charge in [-0.05, 0) is 38.5 Å². The highest BCUT2D eigenvalue weighted by atomic mass is 32.2. The smallest absolute Gasteiger partial charge is 0.263 e. The zero-order chi connectivity index (χ0) is 21.5. The average Bonchev–Trinajstić information content (AvgIpc) is 3.00. The molecule has 4 rings (SSSR count). The number of benzene rings is 1. The van der Waals surface area contributed by atoms with Gasteiger partial charge in [0, 0.05) is 25.0 Å². The minimum Gasteiger partial charge on any atom is -0.379 e. The van der Waals surface area contributed by atoms with E-state index in [1.54, 1.807) is 13.0 Å². The number of rotatable bonds is 5. The van der Waals surface area contributed by atoms with Gasteiger partial charge in [0.05, 0.1) is 40.4 Å². The van der Waals surface area contributed by atoms with E-state index in [0.29, 0.717) is 36.2 Å². The van der Waals surface area contributed by atoms with Crippen molar-refractivity contribution in [1.82, 2.24) is 14.2 Å². The monoisotopic (exact) mass is 429 g/mol. The molecule has 30 heavy (non-hydrogen) atoms. The number of ether oxygens (including phenoxy) is 1. The summed E-state index contributed by atoms with van der Waals surface area (Å²) in [7, 11) is -3.74. The molecule has 0 saturated carbocycles. The van der Waals surface area contributed by atoms with Crippen LogP contribution in [-0.2, 0) is 14.8 Å². The molecule has 3 heterocycles. The predicted molar refractivity (Wildman–Crippen MR) is 111 cm³/mol. The normalized spacial score (nSPS) is 18.0. The van der Waals surface area contributed by atoms with Crippen LogP contribution in [0.25, 0.3) is 10.9 Å². The quantitative estimate of drug-likeness (QED) is 0.534. The number of allylic oxidation sites excluding steroid dienone is 1. The van der Waals surface area contributed by atoms with Crippen LogP contribution in [0.4, 0.5) is 0 Å². The highest BCUT2D eigenvalue weighted by Gasteiger charge is 2.39. The van der Waals surface area contributed by atoms with Crippen molar-refractivity contribution in [2.24, 2.45) is 0 Å². The van der Waals surface area contributed by atoms with E-state index >= 15 is 0 Å². The van der Waals surface area contributed by atoms with E-state index in [-0.39, 0.29) is 41.6 Å². The standard InChI is InChI=1S/C21H23N3O5S/c1-3-4-5-8-24-20(25)18-14(2)22-17-7-6-15(13-16(17)19(18)21(24)26)30(27,28)23-9-11-29-12-10-23/h3-4,6-7,13H,5,8-12H2,1-2H3/b4-3-. The molecule has 0 spiro atoms. The number of carbonyl (C=O) groups excluding carboxylic acids is 2. The molecule has 9 heteroatoms. The second kappa shape index (κ2) is 7.90. The fourth-order valence-electron chi connectivity index (χ4n) is 3.88. The number of carbonyl (C=O) groups is 2. The Morgan fingerprint density at radius 1 is 1.13 bits per heavy atom. The van der Waals surface area contributed by atoms with Crippen LogP contribution in [0.1, 0.15) is 39.8 Å². The zero-order valence-electron chi connectivity index (χ0n) is 16.9. The number of morpholine rings is 1. The van der Waals surface area contributed by atoms with E-state index in [0.717, 1.165) is 0 Å². The summed E-state index contributed by atoms with van der Waals surface area (Å²) in [5.41, 5.74) is 1.45. The van der Waals surface area contributed by atoms with Crippen molar-refractivity contribution in [2.75, 3.05) is 32.8 Å². The lowest BCUT2D eigenvalue weighted by atomic mass is 10.0. The Bertz CT molecular complexity index is 1170. The Labute approximate surface area is 175 Å². The maximum atomic E-state index is 13.1. The Morgan fingerprint density at radius 3 is 2.53 bits per heavy atom. The van der Waals surface area contributed by atoms with Crippen LogP contribution in [0.3, 0.4) is 0 Å². The first-order valence-electron chi connectivity index (χ1n) is 9.86. The van der Waals surface area contributed by atoms with E-state index in [2.05, 4.69) is 4.98 Å². The summed E-state index contributed by atoms with van der Waals surface area (Å²) in [6, 6.07) is 4.55. The Balaban J connectivity index is 1.82. The van der Waals surface area contributed by atoms with Crippen LogP contribution in [-0.4, -0.2) is 67.3 Å². The lowest BCUT2D eigenvalue weighted by Gasteiger charge is -2.26. The Morgan fingerprint density at radius 2 is 1.83 bits per heavy atom. The molecule has 0 radical (unpaired) electrons. The topological polar surface area (TPSA) is 96.9 Å². The van der Waals surface area contributed by atoms with Gasteiger partial charge in [-0.3, -0.25) is 19.5 Å². The third-order valence-electron chi connectivity index (χ3n) is 5.42. The fraction of sp³-hybridized carbons (Fsp3) is 0.381. The summed E-state index contributed by atoms with van der Waals surface area (Å²) in [5.74, 6) is -0.788. The van der Waals surface area contributed by atoms with Crippen molar-refractivity contribution in [3.8, 4) is 0 Å². The first-order valence-corrected chi connectivity index (χ1v) is 11.3. The van der Waals surface area contributed by atoms with E-state index in [4.69, 9.17) is 4.74 Å². The number of fused-ring (bicyclic) bond motifs is 3. The van der Waals surface area contributed by atoms with Crippen molar-refractivity contribution in [3.63, 3.8) is 0 Å². The summed E-state index contributed by atoms with van der Waals surface area (Å²) in [4.78, 5) is 31.8.